The van der Waals surface area contributed by atoms with Crippen molar-refractivity contribution in [1.82, 2.24) is 24.7 Å². The first kappa shape index (κ1) is 17.4. The second-order valence-electron chi connectivity index (χ2n) is 7.72. The number of fused-ring (bicyclic) bond motifs is 4. The van der Waals surface area contributed by atoms with Crippen LogP contribution in [0.2, 0.25) is 0 Å². The Morgan fingerprint density at radius 2 is 2.17 bits per heavy atom. The van der Waals surface area contributed by atoms with Crippen LogP contribution in [0.5, 0.6) is 0 Å². The number of aromatic nitrogens is 2. The summed E-state index contributed by atoms with van der Waals surface area (Å²) in [6.07, 6.45) is 5.82. The Morgan fingerprint density at radius 1 is 1.33 bits per heavy atom. The van der Waals surface area contributed by atoms with Crippen LogP contribution >= 0.6 is 0 Å². The van der Waals surface area contributed by atoms with E-state index in [9.17, 15) is 4.79 Å². The summed E-state index contributed by atoms with van der Waals surface area (Å²) >= 11 is 0. The van der Waals surface area contributed by atoms with E-state index in [2.05, 4.69) is 45.7 Å². The maximum absolute atomic E-state index is 12.7. The molecular weight excluding hydrogens is 302 g/mol. The zero-order valence-electron chi connectivity index (χ0n) is 15.3. The Morgan fingerprint density at radius 3 is 2.88 bits per heavy atom. The zero-order valence-corrected chi connectivity index (χ0v) is 15.3. The molecule has 2 bridgehead atoms. The summed E-state index contributed by atoms with van der Waals surface area (Å²) in [5.41, 5.74) is 2.29. The number of carbonyl (C=O) groups is 1. The van der Waals surface area contributed by atoms with Gasteiger partial charge in [-0.15, -0.1) is 0 Å². The van der Waals surface area contributed by atoms with Gasteiger partial charge in [0.15, 0.2) is 0 Å². The van der Waals surface area contributed by atoms with Crippen LogP contribution in [-0.4, -0.2) is 76.9 Å². The van der Waals surface area contributed by atoms with Crippen LogP contribution in [0, 0.1) is 12.8 Å². The molecule has 1 aromatic heterocycles. The van der Waals surface area contributed by atoms with Gasteiger partial charge in [-0.05, 0) is 52.7 Å². The van der Waals surface area contributed by atoms with Crippen molar-refractivity contribution in [3.05, 3.63) is 17.7 Å². The molecule has 3 fully saturated rings. The fraction of sp³-hybridized carbons (Fsp3) is 0.778. The van der Waals surface area contributed by atoms with E-state index in [1.807, 2.05) is 0 Å². The number of H-pyrrole nitrogens is 1. The number of hydrogen-bond acceptors (Lipinski definition) is 4. The lowest BCUT2D eigenvalue weighted by molar-refractivity contribution is -0.135. The van der Waals surface area contributed by atoms with Crippen molar-refractivity contribution < 1.29 is 4.79 Å². The third-order valence-electron chi connectivity index (χ3n) is 5.41. The van der Waals surface area contributed by atoms with Crippen LogP contribution in [0.3, 0.4) is 0 Å². The first-order valence-corrected chi connectivity index (χ1v) is 9.18. The van der Waals surface area contributed by atoms with E-state index in [0.717, 1.165) is 57.0 Å². The molecule has 0 saturated carbocycles. The van der Waals surface area contributed by atoms with Crippen molar-refractivity contribution in [2.24, 2.45) is 5.92 Å². The van der Waals surface area contributed by atoms with Gasteiger partial charge in [0.25, 0.3) is 0 Å². The maximum atomic E-state index is 12.7. The zero-order chi connectivity index (χ0) is 17.1. The minimum absolute atomic E-state index is 0.351. The number of aromatic amines is 1. The molecule has 1 aromatic rings. The highest BCUT2D eigenvalue weighted by Crippen LogP contribution is 2.29. The largest absolute Gasteiger partial charge is 0.348 e. The smallest absolute Gasteiger partial charge is 0.222 e. The molecule has 3 saturated heterocycles. The molecule has 0 aromatic carbocycles. The molecular formula is C18H31N5O. The molecule has 3 aliphatic heterocycles. The van der Waals surface area contributed by atoms with E-state index >= 15 is 0 Å². The van der Waals surface area contributed by atoms with Gasteiger partial charge in [0.05, 0.1) is 12.0 Å². The molecule has 6 heteroatoms. The van der Waals surface area contributed by atoms with Crippen LogP contribution in [-0.2, 0) is 11.3 Å². The van der Waals surface area contributed by atoms with Crippen molar-refractivity contribution in [3.63, 3.8) is 0 Å². The molecule has 0 unspecified atom stereocenters. The normalized spacial score (nSPS) is 24.6. The average molecular weight is 333 g/mol. The lowest BCUT2D eigenvalue weighted by Gasteiger charge is -2.36. The van der Waals surface area contributed by atoms with Gasteiger partial charge < -0.3 is 14.8 Å². The van der Waals surface area contributed by atoms with Gasteiger partial charge in [0.2, 0.25) is 5.91 Å². The minimum atomic E-state index is 0.351. The third-order valence-corrected chi connectivity index (χ3v) is 5.41. The molecule has 3 aliphatic rings. The van der Waals surface area contributed by atoms with E-state index < -0.39 is 0 Å². The molecule has 134 valence electrons. The minimum Gasteiger partial charge on any atom is -0.348 e. The molecule has 1 amide bonds. The number of amides is 1. The molecule has 4 rings (SSSR count). The summed E-state index contributed by atoms with van der Waals surface area (Å²) in [6, 6.07) is 0.384. The van der Waals surface area contributed by atoms with Gasteiger partial charge in [-0.1, -0.05) is 0 Å². The van der Waals surface area contributed by atoms with E-state index in [-0.39, 0.29) is 0 Å². The van der Waals surface area contributed by atoms with Gasteiger partial charge in [0, 0.05) is 44.3 Å². The monoisotopic (exact) mass is 333 g/mol. The Bertz CT molecular complexity index is 555. The second kappa shape index (κ2) is 7.66. The third kappa shape index (κ3) is 4.16. The molecule has 1 N–H and O–H groups in total. The molecule has 2 atom stereocenters. The number of aryl methyl sites for hydroxylation is 1. The van der Waals surface area contributed by atoms with Gasteiger partial charge in [0.1, 0.15) is 0 Å². The number of imidazole rings is 1. The van der Waals surface area contributed by atoms with Crippen LogP contribution in [0.25, 0.3) is 0 Å². The summed E-state index contributed by atoms with van der Waals surface area (Å²) in [6.45, 7) is 6.98. The van der Waals surface area contributed by atoms with E-state index in [4.69, 9.17) is 0 Å². The van der Waals surface area contributed by atoms with E-state index in [1.165, 1.54) is 6.42 Å². The molecule has 0 radical (unpaired) electrons. The maximum Gasteiger partial charge on any atom is 0.222 e. The van der Waals surface area contributed by atoms with Crippen LogP contribution < -0.4 is 0 Å². The predicted octanol–water partition coefficient (Wildman–Crippen LogP) is 1.48. The fourth-order valence-electron chi connectivity index (χ4n) is 4.06. The lowest BCUT2D eigenvalue weighted by Crippen LogP contribution is -2.47. The topological polar surface area (TPSA) is 55.5 Å². The predicted molar refractivity (Wildman–Crippen MR) is 94.6 cm³/mol. The molecule has 6 nitrogen and oxygen atoms in total. The van der Waals surface area contributed by atoms with Crippen molar-refractivity contribution in [2.75, 3.05) is 40.3 Å². The fourth-order valence-corrected chi connectivity index (χ4v) is 4.06. The second-order valence-corrected chi connectivity index (χ2v) is 7.72. The van der Waals surface area contributed by atoms with Crippen molar-refractivity contribution in [2.45, 2.75) is 45.2 Å². The number of carbonyl (C=O) groups excluding carboxylic acids is 1. The Balaban J connectivity index is 1.58. The molecule has 0 aliphatic carbocycles. The Kier molecular flexibility index (Phi) is 5.56. The summed E-state index contributed by atoms with van der Waals surface area (Å²) in [5, 5.41) is 0. The first-order chi connectivity index (χ1) is 11.5. The highest BCUT2D eigenvalue weighted by Gasteiger charge is 2.36. The van der Waals surface area contributed by atoms with Crippen molar-refractivity contribution in [3.8, 4) is 0 Å². The quantitative estimate of drug-likeness (QED) is 0.857. The van der Waals surface area contributed by atoms with Gasteiger partial charge in [-0.2, -0.15) is 0 Å². The van der Waals surface area contributed by atoms with Crippen LogP contribution in [0.15, 0.2) is 6.33 Å². The Hall–Kier alpha value is -1.40. The van der Waals surface area contributed by atoms with Gasteiger partial charge in [-0.25, -0.2) is 4.98 Å². The summed E-state index contributed by atoms with van der Waals surface area (Å²) in [4.78, 5) is 27.1. The number of hydrogen-bond donors (Lipinski definition) is 1. The number of rotatable bonds is 6. The SMILES string of the molecule is Cc1[nH]cnc1CN1C[C@H]2CC[C@@H](C1)N(C(=O)CCCN(C)C)C2. The van der Waals surface area contributed by atoms with E-state index in [0.29, 0.717) is 24.3 Å². The lowest BCUT2D eigenvalue weighted by atomic mass is 9.94. The highest BCUT2D eigenvalue weighted by atomic mass is 16.2. The molecule has 4 heterocycles. The summed E-state index contributed by atoms with van der Waals surface area (Å²) in [5.74, 6) is 0.963. The van der Waals surface area contributed by atoms with Crippen LogP contribution in [0.1, 0.15) is 37.1 Å². The summed E-state index contributed by atoms with van der Waals surface area (Å²) < 4.78 is 0. The molecule has 0 spiro atoms. The summed E-state index contributed by atoms with van der Waals surface area (Å²) in [7, 11) is 4.13. The first-order valence-electron chi connectivity index (χ1n) is 9.18. The Labute approximate surface area is 145 Å². The standard InChI is InChI=1S/C18H31N5O/c1-14-17(20-13-19-14)12-22-9-15-6-7-16(11-22)23(10-15)18(24)5-4-8-21(2)3/h13,15-16H,4-12H2,1-3H3,(H,19,20)/t15-,16+/m1/s1. The van der Waals surface area contributed by atoms with Gasteiger partial charge >= 0.3 is 0 Å². The van der Waals surface area contributed by atoms with Crippen molar-refractivity contribution in [1.29, 1.82) is 0 Å². The number of nitrogens with one attached hydrogen (secondary N) is 1. The number of nitrogens with zero attached hydrogens (tertiary/aromatic N) is 4. The number of piperidine rings is 1. The molecule has 24 heavy (non-hydrogen) atoms. The highest BCUT2D eigenvalue weighted by molar-refractivity contribution is 5.76. The van der Waals surface area contributed by atoms with Crippen LogP contribution in [0.4, 0.5) is 0 Å². The van der Waals surface area contributed by atoms with Gasteiger partial charge in [-0.3, -0.25) is 9.69 Å². The van der Waals surface area contributed by atoms with E-state index in [1.54, 1.807) is 6.33 Å². The van der Waals surface area contributed by atoms with Crippen molar-refractivity contribution >= 4 is 5.91 Å². The average Bonchev–Trinajstić information content (AvgIpc) is 2.75.